The van der Waals surface area contributed by atoms with E-state index < -0.39 is 5.97 Å². The lowest BCUT2D eigenvalue weighted by molar-refractivity contribution is -0.137. The first-order valence-electron chi connectivity index (χ1n) is 17.7. The summed E-state index contributed by atoms with van der Waals surface area (Å²) in [6.45, 7) is 11.6. The van der Waals surface area contributed by atoms with Crippen molar-refractivity contribution in [2.45, 2.75) is 129 Å². The molecule has 0 bridgehead atoms. The smallest absolute Gasteiger partial charge is 0.303 e. The van der Waals surface area contributed by atoms with E-state index in [0.717, 1.165) is 82.2 Å². The zero-order valence-corrected chi connectivity index (χ0v) is 26.7. The van der Waals surface area contributed by atoms with Gasteiger partial charge in [-0.15, -0.1) is 0 Å². The van der Waals surface area contributed by atoms with E-state index in [1.54, 1.807) is 5.57 Å². The van der Waals surface area contributed by atoms with Crippen LogP contribution in [0.25, 0.3) is 0 Å². The lowest BCUT2D eigenvalue weighted by Crippen LogP contribution is -2.51. The number of unbranched alkanes of at least 4 members (excludes halogenated alkanes) is 3. The van der Waals surface area contributed by atoms with Crippen molar-refractivity contribution < 1.29 is 9.90 Å². The maximum absolute atomic E-state index is 10.9. The van der Waals surface area contributed by atoms with Gasteiger partial charge in [0.1, 0.15) is 0 Å². The third-order valence-corrected chi connectivity index (χ3v) is 12.2. The fourth-order valence-corrected chi connectivity index (χ4v) is 9.79. The quantitative estimate of drug-likeness (QED) is 0.0926. The summed E-state index contributed by atoms with van der Waals surface area (Å²) in [7, 11) is 0. The van der Waals surface area contributed by atoms with Gasteiger partial charge in [-0.3, -0.25) is 4.79 Å². The SMILES string of the molecule is CC12CCC(NCCCNCCCCNCCCN)C=C1CCC1C2CCC2(C)C(CCCCCC(=O)O)CCC12. The summed E-state index contributed by atoms with van der Waals surface area (Å²) in [5, 5.41) is 19.9. The number of allylic oxidation sites excluding steroid dienone is 1. The highest BCUT2D eigenvalue weighted by Gasteiger charge is 2.58. The van der Waals surface area contributed by atoms with Crippen molar-refractivity contribution in [2.24, 2.45) is 40.2 Å². The first-order chi connectivity index (χ1) is 19.9. The van der Waals surface area contributed by atoms with Gasteiger partial charge in [0.2, 0.25) is 0 Å². The number of hydrogen-bond donors (Lipinski definition) is 5. The van der Waals surface area contributed by atoms with Crippen molar-refractivity contribution in [3.8, 4) is 0 Å². The number of carboxylic acids is 1. The van der Waals surface area contributed by atoms with Gasteiger partial charge in [0, 0.05) is 12.5 Å². The van der Waals surface area contributed by atoms with Gasteiger partial charge < -0.3 is 26.8 Å². The second-order valence-electron chi connectivity index (χ2n) is 14.6. The van der Waals surface area contributed by atoms with Crippen LogP contribution in [0.3, 0.4) is 0 Å². The van der Waals surface area contributed by atoms with Crippen molar-refractivity contribution in [1.82, 2.24) is 16.0 Å². The Morgan fingerprint density at radius 3 is 2.37 bits per heavy atom. The van der Waals surface area contributed by atoms with E-state index in [1.165, 1.54) is 83.5 Å². The largest absolute Gasteiger partial charge is 0.481 e. The fraction of sp³-hybridized carbons (Fsp3) is 0.914. The van der Waals surface area contributed by atoms with Crippen LogP contribution >= 0.6 is 0 Å². The fourth-order valence-electron chi connectivity index (χ4n) is 9.79. The summed E-state index contributed by atoms with van der Waals surface area (Å²) in [5.41, 5.74) is 8.28. The number of nitrogens with one attached hydrogen (secondary N) is 3. The summed E-state index contributed by atoms with van der Waals surface area (Å²) >= 11 is 0. The van der Waals surface area contributed by atoms with Crippen molar-refractivity contribution in [3.63, 3.8) is 0 Å². The number of hydrogen-bond acceptors (Lipinski definition) is 5. The van der Waals surface area contributed by atoms with Gasteiger partial charge >= 0.3 is 5.97 Å². The van der Waals surface area contributed by atoms with E-state index in [2.05, 4.69) is 35.9 Å². The Kier molecular flexibility index (Phi) is 13.0. The third kappa shape index (κ3) is 8.58. The van der Waals surface area contributed by atoms with Crippen LogP contribution in [0.5, 0.6) is 0 Å². The van der Waals surface area contributed by atoms with Gasteiger partial charge in [-0.05, 0) is 164 Å². The van der Waals surface area contributed by atoms with Gasteiger partial charge in [0.05, 0.1) is 0 Å². The van der Waals surface area contributed by atoms with Crippen molar-refractivity contribution in [2.75, 3.05) is 39.3 Å². The molecular formula is C35H64N4O2. The number of rotatable bonds is 19. The first-order valence-corrected chi connectivity index (χ1v) is 17.7. The molecule has 4 rings (SSSR count). The van der Waals surface area contributed by atoms with Crippen LogP contribution in [0.4, 0.5) is 0 Å². The molecule has 4 aliphatic rings. The van der Waals surface area contributed by atoms with E-state index in [4.69, 9.17) is 10.8 Å². The minimum atomic E-state index is -0.641. The van der Waals surface area contributed by atoms with Crippen LogP contribution < -0.4 is 21.7 Å². The molecule has 6 nitrogen and oxygen atoms in total. The van der Waals surface area contributed by atoms with Gasteiger partial charge in [-0.2, -0.15) is 0 Å². The zero-order chi connectivity index (χ0) is 29.1. The molecule has 6 heteroatoms. The lowest BCUT2D eigenvalue weighted by Gasteiger charge is -2.58. The highest BCUT2D eigenvalue weighted by atomic mass is 16.4. The second-order valence-corrected chi connectivity index (χ2v) is 14.6. The molecule has 41 heavy (non-hydrogen) atoms. The van der Waals surface area contributed by atoms with E-state index in [9.17, 15) is 4.79 Å². The minimum absolute atomic E-state index is 0.339. The molecule has 236 valence electrons. The van der Waals surface area contributed by atoms with E-state index >= 15 is 0 Å². The Hall–Kier alpha value is -0.950. The summed E-state index contributed by atoms with van der Waals surface area (Å²) in [6.07, 6.45) is 23.4. The van der Waals surface area contributed by atoms with Crippen molar-refractivity contribution in [1.29, 1.82) is 0 Å². The monoisotopic (exact) mass is 573 g/mol. The Labute approximate surface area is 251 Å². The molecule has 6 N–H and O–H groups in total. The molecule has 0 saturated heterocycles. The van der Waals surface area contributed by atoms with E-state index in [1.807, 2.05) is 0 Å². The van der Waals surface area contributed by atoms with Gasteiger partial charge in [0.15, 0.2) is 0 Å². The molecule has 0 aromatic carbocycles. The van der Waals surface area contributed by atoms with E-state index in [-0.39, 0.29) is 0 Å². The average Bonchev–Trinajstić information content (AvgIpc) is 3.29. The highest BCUT2D eigenvalue weighted by molar-refractivity contribution is 5.66. The molecule has 0 aliphatic heterocycles. The van der Waals surface area contributed by atoms with Crippen LogP contribution in [-0.4, -0.2) is 56.4 Å². The molecule has 3 fully saturated rings. The molecule has 4 aliphatic carbocycles. The van der Waals surface area contributed by atoms with Gasteiger partial charge in [-0.1, -0.05) is 38.3 Å². The Balaban J connectivity index is 1.16. The minimum Gasteiger partial charge on any atom is -0.481 e. The molecule has 0 aromatic rings. The molecule has 7 atom stereocenters. The Morgan fingerprint density at radius 2 is 1.61 bits per heavy atom. The summed E-state index contributed by atoms with van der Waals surface area (Å²) in [5.74, 6) is 2.94. The molecule has 7 unspecified atom stereocenters. The maximum Gasteiger partial charge on any atom is 0.303 e. The zero-order valence-electron chi connectivity index (χ0n) is 26.7. The summed E-state index contributed by atoms with van der Waals surface area (Å²) in [4.78, 5) is 10.9. The van der Waals surface area contributed by atoms with Crippen LogP contribution in [0.15, 0.2) is 11.6 Å². The van der Waals surface area contributed by atoms with Gasteiger partial charge in [0.25, 0.3) is 0 Å². The first kappa shape index (κ1) is 33.0. The molecule has 0 aromatic heterocycles. The molecule has 0 spiro atoms. The molecule has 0 radical (unpaired) electrons. The summed E-state index contributed by atoms with van der Waals surface area (Å²) in [6, 6.07) is 0.570. The average molecular weight is 573 g/mol. The predicted octanol–water partition coefficient (Wildman–Crippen LogP) is 6.26. The van der Waals surface area contributed by atoms with Crippen LogP contribution in [0, 0.1) is 34.5 Å². The van der Waals surface area contributed by atoms with Crippen LogP contribution in [-0.2, 0) is 4.79 Å². The normalized spacial score (nSPS) is 34.5. The standard InChI is InChI=1S/C35H64N4O2/c1-34-19-17-32-30(31(34)15-13-27(34)10-4-3-5-11-33(40)41)14-12-28-26-29(16-18-35(28,32)2)39-25-9-24-38-22-7-6-21-37-23-8-20-36/h26-27,29-32,37-39H,3-25,36H2,1-2H3,(H,40,41). The van der Waals surface area contributed by atoms with Crippen LogP contribution in [0.2, 0.25) is 0 Å². The number of carboxylic acid groups (broad SMARTS) is 1. The van der Waals surface area contributed by atoms with Crippen molar-refractivity contribution >= 4 is 5.97 Å². The predicted molar refractivity (Wildman–Crippen MR) is 171 cm³/mol. The Bertz CT molecular complexity index is 833. The molecule has 0 amide bonds. The number of carbonyl (C=O) groups is 1. The second kappa shape index (κ2) is 16.2. The topological polar surface area (TPSA) is 99.4 Å². The maximum atomic E-state index is 10.9. The number of aliphatic carboxylic acids is 1. The molecular weight excluding hydrogens is 508 g/mol. The highest BCUT2D eigenvalue weighted by Crippen LogP contribution is 2.67. The Morgan fingerprint density at radius 1 is 0.854 bits per heavy atom. The lowest BCUT2D eigenvalue weighted by atomic mass is 9.46. The van der Waals surface area contributed by atoms with Gasteiger partial charge in [-0.25, -0.2) is 0 Å². The molecule has 0 heterocycles. The number of fused-ring (bicyclic) bond motifs is 5. The van der Waals surface area contributed by atoms with E-state index in [0.29, 0.717) is 23.3 Å². The van der Waals surface area contributed by atoms with Crippen molar-refractivity contribution in [3.05, 3.63) is 11.6 Å². The third-order valence-electron chi connectivity index (χ3n) is 12.2. The number of nitrogens with two attached hydrogens (primary N) is 1. The molecule has 3 saturated carbocycles. The summed E-state index contributed by atoms with van der Waals surface area (Å²) < 4.78 is 0. The van der Waals surface area contributed by atoms with Crippen LogP contribution in [0.1, 0.15) is 123 Å².